The van der Waals surface area contributed by atoms with Crippen LogP contribution in [0, 0.1) is 52.3 Å². The van der Waals surface area contributed by atoms with Gasteiger partial charge in [0.2, 0.25) is 0 Å². The molecule has 0 radical (unpaired) electrons. The maximum Gasteiger partial charge on any atom is 0.306 e. The molecule has 0 aromatic heterocycles. The lowest BCUT2D eigenvalue weighted by Gasteiger charge is -2.61. The van der Waals surface area contributed by atoms with E-state index in [4.69, 9.17) is 0 Å². The van der Waals surface area contributed by atoms with E-state index in [2.05, 4.69) is 27.7 Å². The van der Waals surface area contributed by atoms with Gasteiger partial charge in [-0.1, -0.05) is 53.4 Å². The number of hydrogen-bond acceptors (Lipinski definition) is 1. The van der Waals surface area contributed by atoms with Gasteiger partial charge in [-0.15, -0.1) is 0 Å². The molecule has 4 aliphatic rings. The van der Waals surface area contributed by atoms with Crippen LogP contribution < -0.4 is 0 Å². The quantitative estimate of drug-likeness (QED) is 0.588. The number of fused-ring (bicyclic) bond motifs is 5. The van der Waals surface area contributed by atoms with E-state index in [1.54, 1.807) is 0 Å². The summed E-state index contributed by atoms with van der Waals surface area (Å²) in [6.07, 6.45) is 14.4. The van der Waals surface area contributed by atoms with Crippen molar-refractivity contribution in [3.63, 3.8) is 0 Å². The van der Waals surface area contributed by atoms with E-state index in [0.29, 0.717) is 29.1 Å². The largest absolute Gasteiger partial charge is 0.481 e. The van der Waals surface area contributed by atoms with Crippen LogP contribution in [0.5, 0.6) is 0 Å². The molecule has 1 N–H and O–H groups in total. The Hall–Kier alpha value is -0.530. The number of carbonyl (C=O) groups is 1. The molecule has 0 spiro atoms. The number of aliphatic carboxylic acids is 1. The zero-order valence-electron chi connectivity index (χ0n) is 18.2. The first-order chi connectivity index (χ1) is 12.8. The molecule has 4 saturated carbocycles. The molecule has 27 heavy (non-hydrogen) atoms. The highest BCUT2D eigenvalue weighted by molar-refractivity contribution is 5.71. The fourth-order valence-electron chi connectivity index (χ4n) is 9.25. The third-order valence-corrected chi connectivity index (χ3v) is 10.4. The summed E-state index contributed by atoms with van der Waals surface area (Å²) in [6, 6.07) is 0. The zero-order valence-corrected chi connectivity index (χ0v) is 18.2. The standard InChI is InChI=1S/C25H42O2/c1-5-8-16(2)21-15-19(23(26)27)22-18-11-10-17-9-6-7-13-24(17,3)20(18)12-14-25(21,22)4/h16-22H,5-15H2,1-4H3,(H,26,27)/t16-,17?,18-,19?,20+,21-,22-,24+,25-/m1/s1. The molecule has 4 fully saturated rings. The Morgan fingerprint density at radius 3 is 2.56 bits per heavy atom. The lowest BCUT2D eigenvalue weighted by atomic mass is 9.44. The molecule has 2 unspecified atom stereocenters. The second kappa shape index (κ2) is 7.06. The van der Waals surface area contributed by atoms with Crippen molar-refractivity contribution in [1.82, 2.24) is 0 Å². The Morgan fingerprint density at radius 2 is 1.85 bits per heavy atom. The molecule has 4 aliphatic carbocycles. The Balaban J connectivity index is 1.67. The van der Waals surface area contributed by atoms with Gasteiger partial charge in [-0.2, -0.15) is 0 Å². The molecule has 9 atom stereocenters. The highest BCUT2D eigenvalue weighted by Gasteiger charge is 2.64. The van der Waals surface area contributed by atoms with Gasteiger partial charge < -0.3 is 5.11 Å². The van der Waals surface area contributed by atoms with Crippen molar-refractivity contribution in [2.45, 2.75) is 98.3 Å². The van der Waals surface area contributed by atoms with E-state index in [0.717, 1.165) is 18.3 Å². The maximum absolute atomic E-state index is 12.4. The molecule has 0 aromatic rings. The van der Waals surface area contributed by atoms with Gasteiger partial charge in [0.1, 0.15) is 0 Å². The van der Waals surface area contributed by atoms with Gasteiger partial charge in [-0.3, -0.25) is 4.79 Å². The van der Waals surface area contributed by atoms with E-state index in [1.807, 2.05) is 0 Å². The van der Waals surface area contributed by atoms with Gasteiger partial charge in [0, 0.05) is 0 Å². The van der Waals surface area contributed by atoms with Crippen LogP contribution in [0.1, 0.15) is 98.3 Å². The smallest absolute Gasteiger partial charge is 0.306 e. The molecule has 2 nitrogen and oxygen atoms in total. The summed E-state index contributed by atoms with van der Waals surface area (Å²) < 4.78 is 0. The minimum absolute atomic E-state index is 0.0872. The summed E-state index contributed by atoms with van der Waals surface area (Å²) in [5.74, 6) is 3.50. The van der Waals surface area contributed by atoms with Gasteiger partial charge in [-0.25, -0.2) is 0 Å². The lowest BCUT2D eigenvalue weighted by Crippen LogP contribution is -2.54. The molecule has 0 amide bonds. The SMILES string of the molecule is CCC[C@@H](C)[C@H]1CC(C(=O)O)[C@H]2[C@@H]3CCC4CCCC[C@]4(C)[C@H]3CC[C@]12C. The molecule has 0 bridgehead atoms. The van der Waals surface area contributed by atoms with Crippen molar-refractivity contribution in [2.24, 2.45) is 52.3 Å². The molecular weight excluding hydrogens is 332 g/mol. The van der Waals surface area contributed by atoms with Gasteiger partial charge in [-0.05, 0) is 91.3 Å². The van der Waals surface area contributed by atoms with Gasteiger partial charge in [0.15, 0.2) is 0 Å². The van der Waals surface area contributed by atoms with Crippen LogP contribution in [0.2, 0.25) is 0 Å². The number of carboxylic acid groups (broad SMARTS) is 1. The van der Waals surface area contributed by atoms with Crippen LogP contribution in [-0.4, -0.2) is 11.1 Å². The Morgan fingerprint density at radius 1 is 1.07 bits per heavy atom. The predicted molar refractivity (Wildman–Crippen MR) is 110 cm³/mol. The molecular formula is C25H42O2. The summed E-state index contributed by atoms with van der Waals surface area (Å²) in [6.45, 7) is 9.79. The van der Waals surface area contributed by atoms with Gasteiger partial charge in [0.25, 0.3) is 0 Å². The first-order valence-electron chi connectivity index (χ1n) is 12.1. The van der Waals surface area contributed by atoms with Crippen LogP contribution in [-0.2, 0) is 4.79 Å². The van der Waals surface area contributed by atoms with E-state index in [-0.39, 0.29) is 11.3 Å². The lowest BCUT2D eigenvalue weighted by molar-refractivity contribution is -0.153. The van der Waals surface area contributed by atoms with Crippen molar-refractivity contribution in [3.8, 4) is 0 Å². The molecule has 154 valence electrons. The number of hydrogen-bond donors (Lipinski definition) is 1. The minimum Gasteiger partial charge on any atom is -0.481 e. The summed E-state index contributed by atoms with van der Waals surface area (Å²) in [4.78, 5) is 12.4. The number of rotatable bonds is 4. The average molecular weight is 375 g/mol. The fraction of sp³-hybridized carbons (Fsp3) is 0.960. The van der Waals surface area contributed by atoms with E-state index in [9.17, 15) is 9.90 Å². The summed E-state index contributed by atoms with van der Waals surface area (Å²) in [5.41, 5.74) is 0.759. The molecule has 0 aromatic carbocycles. The topological polar surface area (TPSA) is 37.3 Å². The average Bonchev–Trinajstić information content (AvgIpc) is 2.95. The normalized spacial score (nSPS) is 50.4. The van der Waals surface area contributed by atoms with E-state index >= 15 is 0 Å². The molecule has 2 heteroatoms. The molecule has 0 aliphatic heterocycles. The van der Waals surface area contributed by atoms with Crippen molar-refractivity contribution in [1.29, 1.82) is 0 Å². The number of carboxylic acids is 1. The van der Waals surface area contributed by atoms with Crippen molar-refractivity contribution >= 4 is 5.97 Å². The molecule has 4 rings (SSSR count). The van der Waals surface area contributed by atoms with Crippen LogP contribution in [0.25, 0.3) is 0 Å². The van der Waals surface area contributed by atoms with E-state index < -0.39 is 5.97 Å². The van der Waals surface area contributed by atoms with Crippen LogP contribution in [0.4, 0.5) is 0 Å². The predicted octanol–water partition coefficient (Wildman–Crippen LogP) is 6.78. The van der Waals surface area contributed by atoms with Crippen molar-refractivity contribution < 1.29 is 9.90 Å². The van der Waals surface area contributed by atoms with Gasteiger partial charge >= 0.3 is 5.97 Å². The van der Waals surface area contributed by atoms with Crippen LogP contribution in [0.15, 0.2) is 0 Å². The van der Waals surface area contributed by atoms with Crippen LogP contribution >= 0.6 is 0 Å². The van der Waals surface area contributed by atoms with E-state index in [1.165, 1.54) is 64.2 Å². The second-order valence-corrected chi connectivity index (χ2v) is 11.4. The first kappa shape index (κ1) is 19.8. The first-order valence-corrected chi connectivity index (χ1v) is 12.1. The summed E-state index contributed by atoms with van der Waals surface area (Å²) in [7, 11) is 0. The summed E-state index contributed by atoms with van der Waals surface area (Å²) in [5, 5.41) is 10.2. The third kappa shape index (κ3) is 2.91. The Kier molecular flexibility index (Phi) is 5.17. The van der Waals surface area contributed by atoms with Crippen molar-refractivity contribution in [2.75, 3.05) is 0 Å². The zero-order chi connectivity index (χ0) is 19.4. The summed E-state index contributed by atoms with van der Waals surface area (Å²) >= 11 is 0. The third-order valence-electron chi connectivity index (χ3n) is 10.4. The maximum atomic E-state index is 12.4. The highest BCUT2D eigenvalue weighted by atomic mass is 16.4. The molecule has 0 heterocycles. The minimum atomic E-state index is -0.492. The van der Waals surface area contributed by atoms with Crippen molar-refractivity contribution in [3.05, 3.63) is 0 Å². The Labute approximate surface area is 166 Å². The van der Waals surface area contributed by atoms with Crippen LogP contribution in [0.3, 0.4) is 0 Å². The second-order valence-electron chi connectivity index (χ2n) is 11.4. The fourth-order valence-corrected chi connectivity index (χ4v) is 9.25. The highest BCUT2D eigenvalue weighted by Crippen LogP contribution is 2.69. The van der Waals surface area contributed by atoms with Gasteiger partial charge in [0.05, 0.1) is 5.92 Å². The monoisotopic (exact) mass is 374 g/mol. The molecule has 0 saturated heterocycles. The Bertz CT molecular complexity index is 571.